The number of halogens is 6. The van der Waals surface area contributed by atoms with Crippen LogP contribution in [0.2, 0.25) is 0 Å². The van der Waals surface area contributed by atoms with Crippen LogP contribution < -0.4 is 4.72 Å². The van der Waals surface area contributed by atoms with Crippen LogP contribution in [0.1, 0.15) is 29.2 Å². The highest BCUT2D eigenvalue weighted by atomic mass is 32.2. The molecular weight excluding hydrogens is 500 g/mol. The minimum atomic E-state index is -4.97. The van der Waals surface area contributed by atoms with E-state index in [9.17, 15) is 34.8 Å². The first-order chi connectivity index (χ1) is 16.2. The molecule has 1 aliphatic heterocycles. The van der Waals surface area contributed by atoms with Gasteiger partial charge in [0.25, 0.3) is 0 Å². The molecule has 1 aliphatic rings. The highest BCUT2D eigenvalue weighted by molar-refractivity contribution is 7.90. The third kappa shape index (κ3) is 6.45. The van der Waals surface area contributed by atoms with Crippen molar-refractivity contribution in [2.45, 2.75) is 31.4 Å². The summed E-state index contributed by atoms with van der Waals surface area (Å²) in [6.07, 6.45) is -9.93. The van der Waals surface area contributed by atoms with Gasteiger partial charge in [0, 0.05) is 7.05 Å². The number of rotatable bonds is 7. The van der Waals surface area contributed by atoms with Crippen molar-refractivity contribution in [3.63, 3.8) is 0 Å². The number of hydrogen-bond acceptors (Lipinski definition) is 5. The normalized spacial score (nSPS) is 19.1. The summed E-state index contributed by atoms with van der Waals surface area (Å²) in [5.74, 6) is -0.135. The van der Waals surface area contributed by atoms with E-state index in [0.717, 1.165) is 0 Å². The van der Waals surface area contributed by atoms with Crippen molar-refractivity contribution < 1.29 is 39.5 Å². The van der Waals surface area contributed by atoms with Crippen molar-refractivity contribution in [3.8, 4) is 0 Å². The fourth-order valence-corrected chi connectivity index (χ4v) is 4.23. The molecule has 1 atom stereocenters. The molecule has 0 saturated carbocycles. The summed E-state index contributed by atoms with van der Waals surface area (Å²) in [7, 11) is -2.04. The number of sulfonamides is 1. The Morgan fingerprint density at radius 2 is 1.60 bits per heavy atom. The summed E-state index contributed by atoms with van der Waals surface area (Å²) in [5, 5.41) is 0. The third-order valence-electron chi connectivity index (χ3n) is 5.38. The molecule has 35 heavy (non-hydrogen) atoms. The van der Waals surface area contributed by atoms with E-state index in [0.29, 0.717) is 17.7 Å². The Bertz CT molecular complexity index is 1150. The summed E-state index contributed by atoms with van der Waals surface area (Å²) in [6, 6.07) is 9.92. The summed E-state index contributed by atoms with van der Waals surface area (Å²) in [5.41, 5.74) is -3.68. The Morgan fingerprint density at radius 3 is 2.11 bits per heavy atom. The number of nitrogens with one attached hydrogen (secondary N) is 1. The van der Waals surface area contributed by atoms with Crippen molar-refractivity contribution in [1.82, 2.24) is 9.62 Å². The summed E-state index contributed by atoms with van der Waals surface area (Å²) in [6.45, 7) is 0.845. The summed E-state index contributed by atoms with van der Waals surface area (Å²) < 4.78 is 111. The second kappa shape index (κ2) is 9.69. The molecule has 0 spiro atoms. The summed E-state index contributed by atoms with van der Waals surface area (Å²) >= 11 is 0. The topological polar surface area (TPSA) is 71.0 Å². The fourth-order valence-electron chi connectivity index (χ4n) is 3.61. The molecule has 1 heterocycles. The molecule has 0 saturated heterocycles. The monoisotopic (exact) mass is 523 g/mol. The van der Waals surface area contributed by atoms with Gasteiger partial charge >= 0.3 is 12.4 Å². The van der Waals surface area contributed by atoms with E-state index < -0.39 is 45.6 Å². The van der Waals surface area contributed by atoms with Gasteiger partial charge in [-0.1, -0.05) is 30.3 Å². The predicted molar refractivity (Wildman–Crippen MR) is 117 cm³/mol. The van der Waals surface area contributed by atoms with E-state index in [1.165, 1.54) is 6.92 Å². The Balaban J connectivity index is 1.90. The van der Waals surface area contributed by atoms with E-state index in [2.05, 4.69) is 9.71 Å². The van der Waals surface area contributed by atoms with Crippen LogP contribution in [0.25, 0.3) is 0 Å². The first kappa shape index (κ1) is 26.8. The van der Waals surface area contributed by atoms with E-state index in [1.54, 1.807) is 42.3 Å². The Hall–Kier alpha value is -2.80. The molecule has 13 heteroatoms. The number of benzene rings is 2. The van der Waals surface area contributed by atoms with Crippen LogP contribution in [0.15, 0.2) is 53.5 Å². The van der Waals surface area contributed by atoms with Crippen molar-refractivity contribution in [2.24, 2.45) is 4.99 Å². The average Bonchev–Trinajstić information content (AvgIpc) is 3.08. The molecule has 2 aromatic carbocycles. The predicted octanol–water partition coefficient (Wildman–Crippen LogP) is 4.38. The number of alkyl halides is 6. The minimum Gasteiger partial charge on any atom is -0.374 e. The van der Waals surface area contributed by atoms with Gasteiger partial charge in [-0.2, -0.15) is 26.3 Å². The number of ether oxygens (including phenoxy) is 1. The second-order valence-electron chi connectivity index (χ2n) is 8.10. The molecule has 0 aromatic heterocycles. The molecule has 0 radical (unpaired) electrons. The lowest BCUT2D eigenvalue weighted by molar-refractivity contribution is -0.143. The Kier molecular flexibility index (Phi) is 7.42. The van der Waals surface area contributed by atoms with E-state index in [-0.39, 0.29) is 36.5 Å². The maximum absolute atomic E-state index is 13.1. The van der Waals surface area contributed by atoms with Gasteiger partial charge in [0.05, 0.1) is 36.6 Å². The number of hydrogen-bond donors (Lipinski definition) is 1. The van der Waals surface area contributed by atoms with Gasteiger partial charge in [-0.05, 0) is 36.2 Å². The minimum absolute atomic E-state index is 0.0529. The number of nitrogens with zero attached hydrogens (tertiary/aromatic N) is 2. The number of likely N-dealkylation sites (N-methyl/N-ethyl adjacent to an activating group) is 1. The van der Waals surface area contributed by atoms with Gasteiger partial charge < -0.3 is 9.64 Å². The van der Waals surface area contributed by atoms with Crippen LogP contribution in [0, 0.1) is 0 Å². The molecule has 3 rings (SSSR count). The molecule has 192 valence electrons. The zero-order chi connectivity index (χ0) is 26.1. The van der Waals surface area contributed by atoms with Crippen LogP contribution in [0.4, 0.5) is 26.3 Å². The van der Waals surface area contributed by atoms with Gasteiger partial charge in [0.1, 0.15) is 5.54 Å². The van der Waals surface area contributed by atoms with Crippen LogP contribution in [0.5, 0.6) is 0 Å². The van der Waals surface area contributed by atoms with Crippen LogP contribution >= 0.6 is 0 Å². The lowest BCUT2D eigenvalue weighted by atomic mass is 9.92. The zero-order valence-corrected chi connectivity index (χ0v) is 19.6. The smallest absolute Gasteiger partial charge is 0.374 e. The largest absolute Gasteiger partial charge is 0.416 e. The highest BCUT2D eigenvalue weighted by Gasteiger charge is 2.41. The van der Waals surface area contributed by atoms with Crippen molar-refractivity contribution >= 4 is 16.0 Å². The number of guanidine groups is 1. The molecule has 0 unspecified atom stereocenters. The molecule has 0 aliphatic carbocycles. The standard InChI is InChI=1S/C22H23F6N3O3S/c1-3-35(32,33)30-19-29-20(13-31(19)2,16-7-5-4-6-8-16)14-34-12-15-9-17(21(23,24)25)11-18(10-15)22(26,27)28/h4-11H,3,12-14H2,1-2H3,(H,29,30)/t20-/m1/s1. The van der Waals surface area contributed by atoms with E-state index >= 15 is 0 Å². The molecular formula is C22H23F6N3O3S. The molecule has 0 amide bonds. The van der Waals surface area contributed by atoms with Gasteiger partial charge in [-0.25, -0.2) is 13.4 Å². The molecule has 1 N–H and O–H groups in total. The maximum Gasteiger partial charge on any atom is 0.416 e. The molecule has 0 fully saturated rings. The molecule has 0 bridgehead atoms. The van der Waals surface area contributed by atoms with Gasteiger partial charge in [-0.15, -0.1) is 0 Å². The van der Waals surface area contributed by atoms with Crippen molar-refractivity contribution in [3.05, 3.63) is 70.8 Å². The summed E-state index contributed by atoms with van der Waals surface area (Å²) in [4.78, 5) is 6.07. The van der Waals surface area contributed by atoms with Crippen LogP contribution in [-0.2, 0) is 39.3 Å². The fraction of sp³-hybridized carbons (Fsp3) is 0.409. The first-order valence-electron chi connectivity index (χ1n) is 10.4. The lowest BCUT2D eigenvalue weighted by Crippen LogP contribution is -2.41. The second-order valence-corrected chi connectivity index (χ2v) is 10.1. The SMILES string of the molecule is CCS(=O)(=O)NC1=N[C@](COCc2cc(C(F)(F)F)cc(C(F)(F)F)c2)(c2ccccc2)CN1C. The van der Waals surface area contributed by atoms with Crippen LogP contribution in [0.3, 0.4) is 0 Å². The Labute approximate surface area is 198 Å². The van der Waals surface area contributed by atoms with E-state index in [1.807, 2.05) is 0 Å². The Morgan fingerprint density at radius 1 is 1.03 bits per heavy atom. The first-order valence-corrected chi connectivity index (χ1v) is 12.0. The van der Waals surface area contributed by atoms with Gasteiger partial charge in [0.2, 0.25) is 16.0 Å². The molecule has 6 nitrogen and oxygen atoms in total. The van der Waals surface area contributed by atoms with E-state index in [4.69, 9.17) is 4.74 Å². The third-order valence-corrected chi connectivity index (χ3v) is 6.63. The lowest BCUT2D eigenvalue weighted by Gasteiger charge is -2.27. The van der Waals surface area contributed by atoms with Crippen LogP contribution in [-0.4, -0.2) is 45.2 Å². The van der Waals surface area contributed by atoms with Crippen molar-refractivity contribution in [2.75, 3.05) is 26.0 Å². The quantitative estimate of drug-likeness (QED) is 0.547. The van der Waals surface area contributed by atoms with Gasteiger partial charge in [0.15, 0.2) is 0 Å². The maximum atomic E-state index is 13.1. The van der Waals surface area contributed by atoms with Gasteiger partial charge in [-0.3, -0.25) is 4.72 Å². The van der Waals surface area contributed by atoms with Crippen molar-refractivity contribution in [1.29, 1.82) is 0 Å². The average molecular weight is 523 g/mol. The number of aliphatic imine (C=N–C) groups is 1. The molecule has 2 aromatic rings. The zero-order valence-electron chi connectivity index (χ0n) is 18.7. The highest BCUT2D eigenvalue weighted by Crippen LogP contribution is 2.37.